The van der Waals surface area contributed by atoms with Gasteiger partial charge in [0.2, 0.25) is 0 Å². The van der Waals surface area contributed by atoms with Gasteiger partial charge in [-0.1, -0.05) is 12.1 Å². The van der Waals surface area contributed by atoms with E-state index in [2.05, 4.69) is 10.3 Å². The van der Waals surface area contributed by atoms with Gasteiger partial charge in [0.15, 0.2) is 6.29 Å². The molecule has 2 heterocycles. The minimum absolute atomic E-state index is 0.243. The van der Waals surface area contributed by atoms with E-state index in [1.807, 2.05) is 24.3 Å². The number of nitrogen functional groups attached to an aromatic ring is 1. The van der Waals surface area contributed by atoms with Crippen molar-refractivity contribution in [2.75, 3.05) is 24.3 Å². The highest BCUT2D eigenvalue weighted by Gasteiger charge is 2.18. The standard InChI is InChI=1S/C14H15N3O3/c15-10-7-12(16-8-10)13(18)17-11-3-1-2-9(6-11)14-19-4-5-20-14/h1-3,6-8,14,16H,4-5,15H2,(H,17,18). The predicted molar refractivity (Wildman–Crippen MR) is 74.2 cm³/mol. The zero-order valence-electron chi connectivity index (χ0n) is 10.8. The second-order valence-electron chi connectivity index (χ2n) is 4.50. The first kappa shape index (κ1) is 12.7. The maximum absolute atomic E-state index is 12.0. The summed E-state index contributed by atoms with van der Waals surface area (Å²) in [6.45, 7) is 1.17. The van der Waals surface area contributed by atoms with E-state index in [0.717, 1.165) is 5.56 Å². The number of nitrogens with two attached hydrogens (primary N) is 1. The van der Waals surface area contributed by atoms with Gasteiger partial charge in [0.05, 0.1) is 13.2 Å². The Labute approximate surface area is 115 Å². The third kappa shape index (κ3) is 2.66. The molecule has 0 radical (unpaired) electrons. The van der Waals surface area contributed by atoms with Gasteiger partial charge in [0, 0.05) is 23.1 Å². The molecular formula is C14H15N3O3. The number of hydrogen-bond donors (Lipinski definition) is 3. The summed E-state index contributed by atoms with van der Waals surface area (Å²) in [4.78, 5) is 14.8. The van der Waals surface area contributed by atoms with Crippen LogP contribution in [0.2, 0.25) is 0 Å². The molecule has 3 rings (SSSR count). The van der Waals surface area contributed by atoms with Gasteiger partial charge in [0.1, 0.15) is 5.69 Å². The number of ether oxygens (including phenoxy) is 2. The van der Waals surface area contributed by atoms with Crippen LogP contribution in [0.4, 0.5) is 11.4 Å². The van der Waals surface area contributed by atoms with Crippen molar-refractivity contribution in [3.05, 3.63) is 47.8 Å². The number of aromatic nitrogens is 1. The minimum atomic E-state index is -0.354. The smallest absolute Gasteiger partial charge is 0.272 e. The number of H-pyrrole nitrogens is 1. The molecule has 1 aliphatic heterocycles. The van der Waals surface area contributed by atoms with Crippen LogP contribution in [0.5, 0.6) is 0 Å². The molecule has 4 N–H and O–H groups in total. The van der Waals surface area contributed by atoms with Crippen LogP contribution in [0.15, 0.2) is 36.5 Å². The van der Waals surface area contributed by atoms with Gasteiger partial charge >= 0.3 is 0 Å². The van der Waals surface area contributed by atoms with E-state index in [4.69, 9.17) is 15.2 Å². The summed E-state index contributed by atoms with van der Waals surface area (Å²) in [5, 5.41) is 2.80. The number of anilines is 2. The lowest BCUT2D eigenvalue weighted by molar-refractivity contribution is -0.0440. The van der Waals surface area contributed by atoms with Crippen molar-refractivity contribution in [3.8, 4) is 0 Å². The quantitative estimate of drug-likeness (QED) is 0.796. The number of benzene rings is 1. The van der Waals surface area contributed by atoms with Crippen LogP contribution in [0.25, 0.3) is 0 Å². The van der Waals surface area contributed by atoms with Gasteiger partial charge in [-0.15, -0.1) is 0 Å². The number of aromatic amines is 1. The Morgan fingerprint density at radius 3 is 2.80 bits per heavy atom. The fourth-order valence-corrected chi connectivity index (χ4v) is 2.05. The number of hydrogen-bond acceptors (Lipinski definition) is 4. The third-order valence-electron chi connectivity index (χ3n) is 2.99. The number of carbonyl (C=O) groups is 1. The second kappa shape index (κ2) is 5.36. The summed E-state index contributed by atoms with van der Waals surface area (Å²) in [7, 11) is 0. The first-order valence-corrected chi connectivity index (χ1v) is 6.31. The summed E-state index contributed by atoms with van der Waals surface area (Å²) in [5.74, 6) is -0.243. The zero-order chi connectivity index (χ0) is 13.9. The largest absolute Gasteiger partial charge is 0.397 e. The molecule has 20 heavy (non-hydrogen) atoms. The first-order valence-electron chi connectivity index (χ1n) is 6.31. The van der Waals surface area contributed by atoms with Gasteiger partial charge < -0.3 is 25.5 Å². The van der Waals surface area contributed by atoms with Gasteiger partial charge in [-0.3, -0.25) is 4.79 Å². The molecule has 0 saturated carbocycles. The summed E-state index contributed by atoms with van der Waals surface area (Å²) in [6, 6.07) is 8.97. The molecule has 0 aliphatic carbocycles. The van der Waals surface area contributed by atoms with E-state index in [1.165, 1.54) is 0 Å². The van der Waals surface area contributed by atoms with E-state index in [-0.39, 0.29) is 12.2 Å². The van der Waals surface area contributed by atoms with Crippen molar-refractivity contribution < 1.29 is 14.3 Å². The van der Waals surface area contributed by atoms with E-state index in [0.29, 0.717) is 30.3 Å². The van der Waals surface area contributed by atoms with Crippen LogP contribution in [0, 0.1) is 0 Å². The maximum atomic E-state index is 12.0. The maximum Gasteiger partial charge on any atom is 0.272 e. The van der Waals surface area contributed by atoms with E-state index >= 15 is 0 Å². The number of rotatable bonds is 3. The Morgan fingerprint density at radius 2 is 2.10 bits per heavy atom. The molecule has 0 unspecified atom stereocenters. The molecule has 1 amide bonds. The molecule has 1 fully saturated rings. The lowest BCUT2D eigenvalue weighted by Gasteiger charge is -2.11. The monoisotopic (exact) mass is 273 g/mol. The highest BCUT2D eigenvalue weighted by molar-refractivity contribution is 6.03. The van der Waals surface area contributed by atoms with Crippen molar-refractivity contribution >= 4 is 17.3 Å². The topological polar surface area (TPSA) is 89.4 Å². The fraction of sp³-hybridized carbons (Fsp3) is 0.214. The number of nitrogens with one attached hydrogen (secondary N) is 2. The molecule has 0 spiro atoms. The number of carbonyl (C=O) groups excluding carboxylic acids is 1. The molecule has 104 valence electrons. The fourth-order valence-electron chi connectivity index (χ4n) is 2.05. The van der Waals surface area contributed by atoms with Gasteiger partial charge in [0.25, 0.3) is 5.91 Å². The predicted octanol–water partition coefficient (Wildman–Crippen LogP) is 1.89. The Kier molecular flexibility index (Phi) is 3.41. The van der Waals surface area contributed by atoms with Crippen molar-refractivity contribution in [2.45, 2.75) is 6.29 Å². The molecule has 0 bridgehead atoms. The highest BCUT2D eigenvalue weighted by atomic mass is 16.7. The molecule has 6 nitrogen and oxygen atoms in total. The Balaban J connectivity index is 1.74. The summed E-state index contributed by atoms with van der Waals surface area (Å²) >= 11 is 0. The highest BCUT2D eigenvalue weighted by Crippen LogP contribution is 2.25. The first-order chi connectivity index (χ1) is 9.72. The van der Waals surface area contributed by atoms with E-state index in [9.17, 15) is 4.79 Å². The third-order valence-corrected chi connectivity index (χ3v) is 2.99. The normalized spacial score (nSPS) is 15.4. The van der Waals surface area contributed by atoms with Crippen LogP contribution >= 0.6 is 0 Å². The van der Waals surface area contributed by atoms with Crippen LogP contribution < -0.4 is 11.1 Å². The molecule has 2 aromatic rings. The van der Waals surface area contributed by atoms with Crippen LogP contribution in [-0.2, 0) is 9.47 Å². The van der Waals surface area contributed by atoms with Crippen LogP contribution in [0.1, 0.15) is 22.3 Å². The lowest BCUT2D eigenvalue weighted by atomic mass is 10.2. The molecule has 1 aromatic carbocycles. The molecule has 6 heteroatoms. The van der Waals surface area contributed by atoms with Gasteiger partial charge in [-0.2, -0.15) is 0 Å². The Hall–Kier alpha value is -2.31. The van der Waals surface area contributed by atoms with E-state index in [1.54, 1.807) is 12.3 Å². The summed E-state index contributed by atoms with van der Waals surface area (Å²) in [5.41, 5.74) is 8.08. The Bertz CT molecular complexity index is 618. The second-order valence-corrected chi connectivity index (χ2v) is 4.50. The lowest BCUT2D eigenvalue weighted by Crippen LogP contribution is -2.12. The molecule has 0 atom stereocenters. The van der Waals surface area contributed by atoms with Gasteiger partial charge in [-0.25, -0.2) is 0 Å². The summed E-state index contributed by atoms with van der Waals surface area (Å²) in [6.07, 6.45) is 1.22. The van der Waals surface area contributed by atoms with Gasteiger partial charge in [-0.05, 0) is 18.2 Å². The van der Waals surface area contributed by atoms with Crippen LogP contribution in [0.3, 0.4) is 0 Å². The van der Waals surface area contributed by atoms with Crippen molar-refractivity contribution in [1.82, 2.24) is 4.98 Å². The minimum Gasteiger partial charge on any atom is -0.397 e. The summed E-state index contributed by atoms with van der Waals surface area (Å²) < 4.78 is 10.9. The SMILES string of the molecule is Nc1c[nH]c(C(=O)Nc2cccc(C3OCCO3)c2)c1. The van der Waals surface area contributed by atoms with Crippen molar-refractivity contribution in [3.63, 3.8) is 0 Å². The Morgan fingerprint density at radius 1 is 1.30 bits per heavy atom. The van der Waals surface area contributed by atoms with Crippen molar-refractivity contribution in [1.29, 1.82) is 0 Å². The van der Waals surface area contributed by atoms with Crippen LogP contribution in [-0.4, -0.2) is 24.1 Å². The molecule has 1 saturated heterocycles. The average molecular weight is 273 g/mol. The zero-order valence-corrected chi connectivity index (χ0v) is 10.8. The molecular weight excluding hydrogens is 258 g/mol. The average Bonchev–Trinajstić information content (AvgIpc) is 3.10. The molecule has 1 aliphatic rings. The molecule has 1 aromatic heterocycles. The van der Waals surface area contributed by atoms with Crippen molar-refractivity contribution in [2.24, 2.45) is 0 Å². The number of amides is 1. The van der Waals surface area contributed by atoms with E-state index < -0.39 is 0 Å².